The number of fused-ring (bicyclic) bond motifs is 2. The lowest BCUT2D eigenvalue weighted by Crippen LogP contribution is -2.43. The fourth-order valence-corrected chi connectivity index (χ4v) is 5.68. The summed E-state index contributed by atoms with van der Waals surface area (Å²) in [6, 6.07) is 13.7. The van der Waals surface area contributed by atoms with E-state index >= 15 is 0 Å². The minimum Gasteiger partial charge on any atom is -0.337 e. The molecule has 2 N–H and O–H groups in total. The molecule has 4 rings (SSSR count). The Morgan fingerprint density at radius 3 is 2.66 bits per heavy atom. The van der Waals surface area contributed by atoms with Crippen molar-refractivity contribution in [2.75, 3.05) is 39.8 Å². The number of rotatable bonds is 10. The second-order valence-electron chi connectivity index (χ2n) is 10.2. The Kier molecular flexibility index (Phi) is 8.86. The zero-order valence-corrected chi connectivity index (χ0v) is 22.3. The minimum atomic E-state index is -0.538. The van der Waals surface area contributed by atoms with Gasteiger partial charge in [-0.05, 0) is 79.1 Å². The van der Waals surface area contributed by atoms with E-state index in [0.717, 1.165) is 35.1 Å². The van der Waals surface area contributed by atoms with Crippen LogP contribution in [0, 0.1) is 10.8 Å². The molecule has 0 fully saturated rings. The van der Waals surface area contributed by atoms with E-state index in [9.17, 15) is 14.5 Å². The van der Waals surface area contributed by atoms with Gasteiger partial charge in [0.2, 0.25) is 0 Å². The molecule has 2 atom stereocenters. The van der Waals surface area contributed by atoms with Crippen molar-refractivity contribution in [1.29, 1.82) is 0 Å². The van der Waals surface area contributed by atoms with E-state index in [1.165, 1.54) is 11.1 Å². The van der Waals surface area contributed by atoms with Crippen molar-refractivity contribution in [2.24, 2.45) is 11.1 Å². The van der Waals surface area contributed by atoms with Gasteiger partial charge in [0.1, 0.15) is 0 Å². The quantitative estimate of drug-likeness (QED) is 0.275. The van der Waals surface area contributed by atoms with Gasteiger partial charge in [0.15, 0.2) is 0 Å². The standard InChI is InChI=1S/C30H36N4O4/c1-4-5-21-8-11-24-20(2)26(18-22-6-9-23(10-7-22)29(35)32-38)25-12-14-34(17-16-33(3)15-13-31-37)30(36)28(25)27(24)19-21/h4-11,19-20,26,38H,12-18H2,1-3H3,(H,32,35). The van der Waals surface area contributed by atoms with Gasteiger partial charge in [0, 0.05) is 37.3 Å². The predicted molar refractivity (Wildman–Crippen MR) is 149 cm³/mol. The topological polar surface area (TPSA) is 102 Å². The average molecular weight is 517 g/mol. The number of allylic oxidation sites excluding steroid dienone is 1. The number of hydroxylamine groups is 1. The molecule has 38 heavy (non-hydrogen) atoms. The van der Waals surface area contributed by atoms with Crippen LogP contribution in [-0.2, 0) is 11.2 Å². The van der Waals surface area contributed by atoms with Crippen LogP contribution < -0.4 is 5.48 Å². The van der Waals surface area contributed by atoms with Crippen molar-refractivity contribution in [3.05, 3.63) is 86.8 Å². The number of hydrogen-bond acceptors (Lipinski definition) is 6. The molecule has 8 nitrogen and oxygen atoms in total. The van der Waals surface area contributed by atoms with Gasteiger partial charge in [0.25, 0.3) is 11.8 Å². The molecular formula is C30H36N4O4. The number of carbonyl (C=O) groups is 2. The van der Waals surface area contributed by atoms with Crippen LogP contribution in [0.3, 0.4) is 0 Å². The molecule has 0 radical (unpaired) electrons. The van der Waals surface area contributed by atoms with Crippen molar-refractivity contribution in [1.82, 2.24) is 15.3 Å². The molecule has 2 amide bonds. The minimum absolute atomic E-state index is 0.0684. The van der Waals surface area contributed by atoms with Crippen LogP contribution in [0.25, 0.3) is 11.6 Å². The van der Waals surface area contributed by atoms with Gasteiger partial charge in [0.05, 0.1) is 6.54 Å². The van der Waals surface area contributed by atoms with E-state index in [4.69, 9.17) is 5.21 Å². The van der Waals surface area contributed by atoms with Gasteiger partial charge in [-0.2, -0.15) is 4.91 Å². The highest BCUT2D eigenvalue weighted by molar-refractivity contribution is 6.22. The van der Waals surface area contributed by atoms with Crippen molar-refractivity contribution in [3.63, 3.8) is 0 Å². The largest absolute Gasteiger partial charge is 0.337 e. The number of likely N-dealkylation sites (N-methyl/N-ethyl adjacent to an activating group) is 1. The summed E-state index contributed by atoms with van der Waals surface area (Å²) in [7, 11) is 1.94. The molecule has 2 aromatic carbocycles. The highest BCUT2D eigenvalue weighted by atomic mass is 16.5. The monoisotopic (exact) mass is 516 g/mol. The molecule has 0 aromatic heterocycles. The first-order valence-corrected chi connectivity index (χ1v) is 13.2. The second kappa shape index (κ2) is 12.3. The Balaban J connectivity index is 1.67. The first-order valence-electron chi connectivity index (χ1n) is 13.2. The van der Waals surface area contributed by atoms with Crippen LogP contribution in [-0.4, -0.2) is 66.6 Å². The van der Waals surface area contributed by atoms with E-state index in [-0.39, 0.29) is 24.3 Å². The third-order valence-corrected chi connectivity index (χ3v) is 7.82. The number of carbonyl (C=O) groups excluding carboxylic acids is 2. The smallest absolute Gasteiger partial charge is 0.274 e. The molecule has 8 heteroatoms. The van der Waals surface area contributed by atoms with Crippen molar-refractivity contribution in [2.45, 2.75) is 32.6 Å². The lowest BCUT2D eigenvalue weighted by atomic mass is 9.67. The molecule has 2 unspecified atom stereocenters. The first-order chi connectivity index (χ1) is 18.4. The third kappa shape index (κ3) is 5.76. The van der Waals surface area contributed by atoms with Gasteiger partial charge in [-0.25, -0.2) is 5.48 Å². The zero-order valence-electron chi connectivity index (χ0n) is 22.3. The molecule has 0 bridgehead atoms. The maximum absolute atomic E-state index is 14.0. The van der Waals surface area contributed by atoms with Crippen LogP contribution in [0.15, 0.2) is 59.3 Å². The van der Waals surface area contributed by atoms with Crippen LogP contribution in [0.5, 0.6) is 0 Å². The van der Waals surface area contributed by atoms with Crippen LogP contribution in [0.2, 0.25) is 0 Å². The van der Waals surface area contributed by atoms with Gasteiger partial charge < -0.3 is 9.80 Å². The molecular weight excluding hydrogens is 480 g/mol. The first kappa shape index (κ1) is 27.4. The molecule has 2 aliphatic rings. The molecule has 0 spiro atoms. The number of nitrogens with zero attached hydrogens (tertiary/aromatic N) is 3. The summed E-state index contributed by atoms with van der Waals surface area (Å²) >= 11 is 0. The fourth-order valence-electron chi connectivity index (χ4n) is 5.68. The van der Waals surface area contributed by atoms with Crippen LogP contribution >= 0.6 is 0 Å². The molecule has 200 valence electrons. The Hall–Kier alpha value is -3.62. The molecule has 0 saturated heterocycles. The van der Waals surface area contributed by atoms with Crippen molar-refractivity contribution < 1.29 is 14.8 Å². The SMILES string of the molecule is CC=Cc1ccc2c(c1)C1=C(CCN(CCN(C)CCN=O)C1=O)C(Cc1ccc(C(=O)NO)cc1)C2C. The zero-order chi connectivity index (χ0) is 27.2. The van der Waals surface area contributed by atoms with E-state index in [0.29, 0.717) is 31.7 Å². The maximum Gasteiger partial charge on any atom is 0.274 e. The van der Waals surface area contributed by atoms with Gasteiger partial charge in [-0.15, -0.1) is 0 Å². The lowest BCUT2D eigenvalue weighted by Gasteiger charge is -2.41. The number of benzene rings is 2. The summed E-state index contributed by atoms with van der Waals surface area (Å²) in [6.45, 7) is 7.00. The Morgan fingerprint density at radius 2 is 1.97 bits per heavy atom. The number of nitroso groups, excluding NO2 is 1. The summed E-state index contributed by atoms with van der Waals surface area (Å²) in [4.78, 5) is 40.2. The molecule has 0 saturated carbocycles. The molecule has 1 aliphatic heterocycles. The molecule has 1 aliphatic carbocycles. The summed E-state index contributed by atoms with van der Waals surface area (Å²) < 4.78 is 0. The fraction of sp³-hybridized carbons (Fsp3) is 0.400. The Morgan fingerprint density at radius 1 is 1.21 bits per heavy atom. The molecule has 2 aromatic rings. The Bertz CT molecular complexity index is 1250. The van der Waals surface area contributed by atoms with Crippen LogP contribution in [0.1, 0.15) is 58.8 Å². The van der Waals surface area contributed by atoms with Gasteiger partial charge in [-0.1, -0.05) is 54.1 Å². The highest BCUT2D eigenvalue weighted by Crippen LogP contribution is 2.47. The van der Waals surface area contributed by atoms with Gasteiger partial charge >= 0.3 is 0 Å². The Labute approximate surface area is 224 Å². The summed E-state index contributed by atoms with van der Waals surface area (Å²) in [5.41, 5.74) is 8.47. The second-order valence-corrected chi connectivity index (χ2v) is 10.2. The molecule has 1 heterocycles. The highest BCUT2D eigenvalue weighted by Gasteiger charge is 2.39. The summed E-state index contributed by atoms with van der Waals surface area (Å²) in [5, 5.41) is 11.9. The summed E-state index contributed by atoms with van der Waals surface area (Å²) in [6.07, 6.45) is 5.63. The van der Waals surface area contributed by atoms with E-state index in [1.807, 2.05) is 42.0 Å². The predicted octanol–water partition coefficient (Wildman–Crippen LogP) is 4.50. The van der Waals surface area contributed by atoms with Crippen molar-refractivity contribution in [3.8, 4) is 0 Å². The van der Waals surface area contributed by atoms with E-state index in [2.05, 4.69) is 36.4 Å². The van der Waals surface area contributed by atoms with E-state index in [1.54, 1.807) is 17.6 Å². The third-order valence-electron chi connectivity index (χ3n) is 7.82. The number of nitrogens with one attached hydrogen (secondary N) is 1. The van der Waals surface area contributed by atoms with Crippen LogP contribution in [0.4, 0.5) is 0 Å². The maximum atomic E-state index is 14.0. The van der Waals surface area contributed by atoms with Gasteiger partial charge in [-0.3, -0.25) is 14.8 Å². The van der Waals surface area contributed by atoms with E-state index < -0.39 is 5.91 Å². The lowest BCUT2D eigenvalue weighted by molar-refractivity contribution is -0.125. The number of amides is 2. The summed E-state index contributed by atoms with van der Waals surface area (Å²) in [5.74, 6) is -0.0800. The number of hydrogen-bond donors (Lipinski definition) is 2. The normalized spacial score (nSPS) is 19.1. The average Bonchev–Trinajstić information content (AvgIpc) is 2.93. The van der Waals surface area contributed by atoms with Crippen molar-refractivity contribution >= 4 is 23.5 Å².